The SMILES string of the molecule is O=C(Cc1ccc(Cl)cc1)NNC(=O)CC(NC(=O)c1ccccc1Cl)c1ccccc1. The van der Waals surface area contributed by atoms with Gasteiger partial charge in [0.15, 0.2) is 0 Å². The number of nitrogens with one attached hydrogen (secondary N) is 3. The molecule has 3 aromatic rings. The van der Waals surface area contributed by atoms with Gasteiger partial charge in [0.1, 0.15) is 0 Å². The van der Waals surface area contributed by atoms with Gasteiger partial charge in [-0.25, -0.2) is 0 Å². The van der Waals surface area contributed by atoms with Gasteiger partial charge in [0.05, 0.1) is 29.5 Å². The van der Waals surface area contributed by atoms with Gasteiger partial charge in [-0.15, -0.1) is 0 Å². The van der Waals surface area contributed by atoms with Crippen molar-refractivity contribution in [3.63, 3.8) is 0 Å². The lowest BCUT2D eigenvalue weighted by atomic mass is 10.0. The van der Waals surface area contributed by atoms with Gasteiger partial charge < -0.3 is 5.32 Å². The summed E-state index contributed by atoms with van der Waals surface area (Å²) in [5.41, 5.74) is 6.61. The normalized spacial score (nSPS) is 11.3. The highest BCUT2D eigenvalue weighted by atomic mass is 35.5. The fraction of sp³-hybridized carbons (Fsp3) is 0.125. The van der Waals surface area contributed by atoms with E-state index < -0.39 is 17.9 Å². The minimum atomic E-state index is -0.617. The van der Waals surface area contributed by atoms with Crippen LogP contribution in [0.1, 0.15) is 33.9 Å². The molecule has 0 saturated heterocycles. The molecular weight excluding hydrogens is 449 g/mol. The zero-order valence-corrected chi connectivity index (χ0v) is 18.5. The Kier molecular flexibility index (Phi) is 8.25. The van der Waals surface area contributed by atoms with Gasteiger partial charge >= 0.3 is 0 Å². The zero-order chi connectivity index (χ0) is 22.9. The van der Waals surface area contributed by atoms with Gasteiger partial charge in [-0.3, -0.25) is 25.2 Å². The molecule has 6 nitrogen and oxygen atoms in total. The first-order valence-electron chi connectivity index (χ1n) is 9.85. The number of rotatable bonds is 7. The number of halogens is 2. The van der Waals surface area contributed by atoms with Gasteiger partial charge in [0.25, 0.3) is 5.91 Å². The summed E-state index contributed by atoms with van der Waals surface area (Å²) in [5.74, 6) is -1.23. The van der Waals surface area contributed by atoms with Crippen LogP contribution in [0.3, 0.4) is 0 Å². The Morgan fingerprint density at radius 3 is 2.06 bits per heavy atom. The number of hydrazine groups is 1. The summed E-state index contributed by atoms with van der Waals surface area (Å²) < 4.78 is 0. The number of hydrogen-bond donors (Lipinski definition) is 3. The second-order valence-electron chi connectivity index (χ2n) is 7.02. The smallest absolute Gasteiger partial charge is 0.253 e. The van der Waals surface area contributed by atoms with E-state index in [0.717, 1.165) is 11.1 Å². The lowest BCUT2D eigenvalue weighted by Gasteiger charge is -2.19. The van der Waals surface area contributed by atoms with Gasteiger partial charge in [-0.05, 0) is 35.4 Å². The maximum atomic E-state index is 12.7. The van der Waals surface area contributed by atoms with Gasteiger partial charge in [-0.2, -0.15) is 0 Å². The third kappa shape index (κ3) is 6.83. The molecule has 0 aliphatic heterocycles. The number of amides is 3. The van der Waals surface area contributed by atoms with E-state index in [1.54, 1.807) is 48.5 Å². The average molecular weight is 470 g/mol. The molecule has 164 valence electrons. The molecule has 0 aliphatic rings. The van der Waals surface area contributed by atoms with Gasteiger partial charge in [0, 0.05) is 5.02 Å². The minimum Gasteiger partial charge on any atom is -0.345 e. The predicted molar refractivity (Wildman–Crippen MR) is 124 cm³/mol. The lowest BCUT2D eigenvalue weighted by molar-refractivity contribution is -0.128. The summed E-state index contributed by atoms with van der Waals surface area (Å²) in [6.45, 7) is 0. The molecule has 0 aliphatic carbocycles. The third-order valence-electron chi connectivity index (χ3n) is 4.63. The number of carbonyl (C=O) groups is 3. The molecule has 0 spiro atoms. The van der Waals surface area contributed by atoms with Crippen molar-refractivity contribution >= 4 is 40.9 Å². The van der Waals surface area contributed by atoms with E-state index in [2.05, 4.69) is 16.2 Å². The van der Waals surface area contributed by atoms with E-state index in [4.69, 9.17) is 23.2 Å². The second-order valence-corrected chi connectivity index (χ2v) is 7.86. The van der Waals surface area contributed by atoms with Crippen LogP contribution in [-0.2, 0) is 16.0 Å². The highest BCUT2D eigenvalue weighted by Crippen LogP contribution is 2.20. The molecule has 1 unspecified atom stereocenters. The van der Waals surface area contributed by atoms with Crippen molar-refractivity contribution in [3.8, 4) is 0 Å². The van der Waals surface area contributed by atoms with Gasteiger partial charge in [0.2, 0.25) is 11.8 Å². The number of carbonyl (C=O) groups excluding carboxylic acids is 3. The summed E-state index contributed by atoms with van der Waals surface area (Å²) in [6.07, 6.45) is 0.00420. The Hall–Kier alpha value is -3.35. The molecule has 1 atom stereocenters. The van der Waals surface area contributed by atoms with Crippen LogP contribution in [-0.4, -0.2) is 17.7 Å². The van der Waals surface area contributed by atoms with Crippen LogP contribution >= 0.6 is 23.2 Å². The molecule has 8 heteroatoms. The summed E-state index contributed by atoms with van der Waals surface area (Å²) in [6, 6.07) is 22.0. The number of hydrogen-bond acceptors (Lipinski definition) is 3. The third-order valence-corrected chi connectivity index (χ3v) is 5.22. The fourth-order valence-electron chi connectivity index (χ4n) is 3.03. The Morgan fingerprint density at radius 2 is 1.38 bits per heavy atom. The molecule has 0 bridgehead atoms. The maximum absolute atomic E-state index is 12.7. The van der Waals surface area contributed by atoms with Crippen molar-refractivity contribution in [3.05, 3.63) is 106 Å². The van der Waals surface area contributed by atoms with E-state index in [1.807, 2.05) is 30.3 Å². The molecule has 0 aromatic heterocycles. The standard InChI is InChI=1S/C24H21Cl2N3O3/c25-18-12-10-16(11-13-18)14-22(30)28-29-23(31)15-21(17-6-2-1-3-7-17)27-24(32)19-8-4-5-9-20(19)26/h1-13,21H,14-15H2,(H,27,32)(H,28,30)(H,29,31). The highest BCUT2D eigenvalue weighted by Gasteiger charge is 2.20. The van der Waals surface area contributed by atoms with Crippen LogP contribution < -0.4 is 16.2 Å². The van der Waals surface area contributed by atoms with Crippen molar-refractivity contribution in [2.45, 2.75) is 18.9 Å². The monoisotopic (exact) mass is 469 g/mol. The predicted octanol–water partition coefficient (Wildman–Crippen LogP) is 4.24. The Bertz CT molecular complexity index is 1090. The van der Waals surface area contributed by atoms with E-state index in [-0.39, 0.29) is 18.7 Å². The number of benzene rings is 3. The first-order chi connectivity index (χ1) is 15.4. The lowest BCUT2D eigenvalue weighted by Crippen LogP contribution is -2.44. The molecule has 0 radical (unpaired) electrons. The van der Waals surface area contributed by atoms with Crippen LogP contribution in [0, 0.1) is 0 Å². The molecule has 0 fully saturated rings. The fourth-order valence-corrected chi connectivity index (χ4v) is 3.37. The Balaban J connectivity index is 1.61. The van der Waals surface area contributed by atoms with E-state index in [0.29, 0.717) is 15.6 Å². The topological polar surface area (TPSA) is 87.3 Å². The minimum absolute atomic E-state index is 0.0819. The van der Waals surface area contributed by atoms with Crippen LogP contribution in [0.2, 0.25) is 10.0 Å². The van der Waals surface area contributed by atoms with Crippen LogP contribution in [0.25, 0.3) is 0 Å². The first kappa shape index (κ1) is 23.3. The van der Waals surface area contributed by atoms with Crippen LogP contribution in [0.4, 0.5) is 0 Å². The Labute approximate surface area is 195 Å². The summed E-state index contributed by atoms with van der Waals surface area (Å²) >= 11 is 12.0. The first-order valence-corrected chi connectivity index (χ1v) is 10.6. The molecule has 3 rings (SSSR count). The van der Waals surface area contributed by atoms with Gasteiger partial charge in [-0.1, -0.05) is 77.8 Å². The largest absolute Gasteiger partial charge is 0.345 e. The molecule has 3 N–H and O–H groups in total. The zero-order valence-electron chi connectivity index (χ0n) is 17.0. The summed E-state index contributed by atoms with van der Waals surface area (Å²) in [5, 5.41) is 3.74. The van der Waals surface area contributed by atoms with Crippen molar-refractivity contribution < 1.29 is 14.4 Å². The van der Waals surface area contributed by atoms with Crippen LogP contribution in [0.5, 0.6) is 0 Å². The van der Waals surface area contributed by atoms with E-state index in [9.17, 15) is 14.4 Å². The summed E-state index contributed by atoms with van der Waals surface area (Å²) in [7, 11) is 0. The van der Waals surface area contributed by atoms with Crippen molar-refractivity contribution in [2.75, 3.05) is 0 Å². The molecule has 32 heavy (non-hydrogen) atoms. The molecule has 3 aromatic carbocycles. The van der Waals surface area contributed by atoms with Crippen molar-refractivity contribution in [2.24, 2.45) is 0 Å². The molecule has 0 saturated carbocycles. The molecule has 0 heterocycles. The Morgan fingerprint density at radius 1 is 0.750 bits per heavy atom. The van der Waals surface area contributed by atoms with Crippen molar-refractivity contribution in [1.82, 2.24) is 16.2 Å². The molecule has 3 amide bonds. The average Bonchev–Trinajstić information content (AvgIpc) is 2.79. The molecular formula is C24H21Cl2N3O3. The van der Waals surface area contributed by atoms with Crippen LogP contribution in [0.15, 0.2) is 78.9 Å². The second kappa shape index (κ2) is 11.3. The van der Waals surface area contributed by atoms with E-state index in [1.165, 1.54) is 0 Å². The van der Waals surface area contributed by atoms with Crippen molar-refractivity contribution in [1.29, 1.82) is 0 Å². The summed E-state index contributed by atoms with van der Waals surface area (Å²) in [4.78, 5) is 37.3. The maximum Gasteiger partial charge on any atom is 0.253 e. The van der Waals surface area contributed by atoms with E-state index >= 15 is 0 Å². The quantitative estimate of drug-likeness (QED) is 0.452. The highest BCUT2D eigenvalue weighted by molar-refractivity contribution is 6.33.